The number of piperazine rings is 1. The SMILES string of the molecule is COc1cc(C)c(C[NH+]2CC[NH+](CN3C(=O)[C@@H]4CC=CC[C@H]4C3=O)CC2)cc1OC. The molecule has 0 aromatic heterocycles. The van der Waals surface area contributed by atoms with E-state index in [1.54, 1.807) is 19.1 Å². The maximum absolute atomic E-state index is 12.7. The monoisotopic (exact) mass is 415 g/mol. The lowest BCUT2D eigenvalue weighted by atomic mass is 9.85. The van der Waals surface area contributed by atoms with Gasteiger partial charge in [0, 0.05) is 5.56 Å². The Bertz CT molecular complexity index is 819. The second-order valence-electron chi connectivity index (χ2n) is 8.73. The number of rotatable bonds is 6. The number of imide groups is 1. The molecule has 0 saturated carbocycles. The molecule has 0 radical (unpaired) electrons. The number of aryl methyl sites for hydroxylation is 1. The number of likely N-dealkylation sites (tertiary alicyclic amines) is 1. The molecule has 1 aromatic rings. The number of quaternary nitrogens is 2. The molecule has 2 fully saturated rings. The summed E-state index contributed by atoms with van der Waals surface area (Å²) in [5.74, 6) is 1.36. The number of ether oxygens (including phenoxy) is 2. The molecule has 162 valence electrons. The third-order valence-corrected chi connectivity index (χ3v) is 6.93. The zero-order valence-electron chi connectivity index (χ0n) is 18.2. The first-order valence-corrected chi connectivity index (χ1v) is 10.9. The number of hydrogen-bond donors (Lipinski definition) is 2. The van der Waals surface area contributed by atoms with Crippen molar-refractivity contribution in [3.63, 3.8) is 0 Å². The number of benzene rings is 1. The topological polar surface area (TPSA) is 64.7 Å². The van der Waals surface area contributed by atoms with Gasteiger partial charge < -0.3 is 19.3 Å². The molecule has 2 amide bonds. The van der Waals surface area contributed by atoms with Crippen molar-refractivity contribution in [1.82, 2.24) is 4.90 Å². The average Bonchev–Trinajstić information content (AvgIpc) is 3.01. The number of carbonyl (C=O) groups excluding carboxylic acids is 2. The maximum atomic E-state index is 12.7. The number of hydrogen-bond acceptors (Lipinski definition) is 4. The lowest BCUT2D eigenvalue weighted by molar-refractivity contribution is -1.02. The van der Waals surface area contributed by atoms with Crippen LogP contribution in [0.25, 0.3) is 0 Å². The van der Waals surface area contributed by atoms with E-state index in [1.165, 1.54) is 20.9 Å². The zero-order valence-corrected chi connectivity index (χ0v) is 18.2. The minimum atomic E-state index is -0.123. The third kappa shape index (κ3) is 3.96. The zero-order chi connectivity index (χ0) is 21.3. The first kappa shape index (κ1) is 20.9. The molecule has 0 bridgehead atoms. The molecule has 1 aromatic carbocycles. The highest BCUT2D eigenvalue weighted by Crippen LogP contribution is 2.34. The van der Waals surface area contributed by atoms with Crippen molar-refractivity contribution < 1.29 is 28.9 Å². The Morgan fingerprint density at radius 2 is 1.43 bits per heavy atom. The van der Waals surface area contributed by atoms with Crippen molar-refractivity contribution in [2.24, 2.45) is 11.8 Å². The van der Waals surface area contributed by atoms with E-state index in [4.69, 9.17) is 9.47 Å². The predicted octanol–water partition coefficient (Wildman–Crippen LogP) is -0.796. The molecular formula is C23H33N3O4+2. The van der Waals surface area contributed by atoms with E-state index in [-0.39, 0.29) is 23.7 Å². The van der Waals surface area contributed by atoms with Crippen molar-refractivity contribution in [1.29, 1.82) is 0 Å². The molecule has 4 rings (SSSR count). The highest BCUT2D eigenvalue weighted by atomic mass is 16.5. The van der Waals surface area contributed by atoms with Gasteiger partial charge in [0.2, 0.25) is 11.8 Å². The predicted molar refractivity (Wildman–Crippen MR) is 111 cm³/mol. The summed E-state index contributed by atoms with van der Waals surface area (Å²) in [6.07, 6.45) is 5.51. The van der Waals surface area contributed by atoms with Gasteiger partial charge in [-0.25, -0.2) is 4.90 Å². The maximum Gasteiger partial charge on any atom is 0.237 e. The van der Waals surface area contributed by atoms with E-state index in [0.717, 1.165) is 44.2 Å². The number of fused-ring (bicyclic) bond motifs is 1. The third-order valence-electron chi connectivity index (χ3n) is 6.93. The number of methoxy groups -OCH3 is 2. The van der Waals surface area contributed by atoms with Crippen molar-refractivity contribution in [2.45, 2.75) is 26.3 Å². The summed E-state index contributed by atoms with van der Waals surface area (Å²) in [5, 5.41) is 0. The van der Waals surface area contributed by atoms with Crippen LogP contribution in [0, 0.1) is 18.8 Å². The van der Waals surface area contributed by atoms with Crippen LogP contribution in [0.3, 0.4) is 0 Å². The Kier molecular flexibility index (Phi) is 6.11. The second kappa shape index (κ2) is 8.78. The number of nitrogens with one attached hydrogen (secondary N) is 2. The molecule has 0 unspecified atom stereocenters. The lowest BCUT2D eigenvalue weighted by Crippen LogP contribution is -3.28. The number of amides is 2. The van der Waals surface area contributed by atoms with Crippen LogP contribution >= 0.6 is 0 Å². The molecule has 2 N–H and O–H groups in total. The quantitative estimate of drug-likeness (QED) is 0.472. The van der Waals surface area contributed by atoms with Gasteiger partial charge >= 0.3 is 0 Å². The van der Waals surface area contributed by atoms with Crippen LogP contribution in [0.2, 0.25) is 0 Å². The van der Waals surface area contributed by atoms with Gasteiger partial charge in [0.15, 0.2) is 18.2 Å². The van der Waals surface area contributed by atoms with Crippen molar-refractivity contribution in [3.05, 3.63) is 35.4 Å². The fourth-order valence-corrected chi connectivity index (χ4v) is 5.02. The smallest absolute Gasteiger partial charge is 0.237 e. The van der Waals surface area contributed by atoms with Crippen LogP contribution in [0.5, 0.6) is 11.5 Å². The number of nitrogens with zero attached hydrogens (tertiary/aromatic N) is 1. The van der Waals surface area contributed by atoms with Crippen molar-refractivity contribution >= 4 is 11.8 Å². The van der Waals surface area contributed by atoms with E-state index in [2.05, 4.69) is 13.0 Å². The average molecular weight is 416 g/mol. The normalized spacial score (nSPS) is 28.6. The summed E-state index contributed by atoms with van der Waals surface area (Å²) in [5.41, 5.74) is 2.48. The second-order valence-corrected chi connectivity index (χ2v) is 8.73. The van der Waals surface area contributed by atoms with Gasteiger partial charge in [-0.3, -0.25) is 9.59 Å². The molecular weight excluding hydrogens is 382 g/mol. The molecule has 7 nitrogen and oxygen atoms in total. The van der Waals surface area contributed by atoms with E-state index >= 15 is 0 Å². The summed E-state index contributed by atoms with van der Waals surface area (Å²) in [6.45, 7) is 7.54. The molecule has 30 heavy (non-hydrogen) atoms. The molecule has 2 saturated heterocycles. The van der Waals surface area contributed by atoms with Gasteiger partial charge in [-0.05, 0) is 37.5 Å². The highest BCUT2D eigenvalue weighted by Gasteiger charge is 2.48. The van der Waals surface area contributed by atoms with E-state index < -0.39 is 0 Å². The van der Waals surface area contributed by atoms with Crippen LogP contribution in [0.15, 0.2) is 24.3 Å². The Labute approximate surface area is 178 Å². The number of allylic oxidation sites excluding steroid dienone is 2. The van der Waals surface area contributed by atoms with Crippen molar-refractivity contribution in [3.8, 4) is 11.5 Å². The first-order chi connectivity index (χ1) is 14.5. The van der Waals surface area contributed by atoms with Crippen LogP contribution in [0.1, 0.15) is 24.0 Å². The highest BCUT2D eigenvalue weighted by molar-refractivity contribution is 6.05. The van der Waals surface area contributed by atoms with Gasteiger partial charge in [-0.15, -0.1) is 0 Å². The Hall–Kier alpha value is -2.38. The van der Waals surface area contributed by atoms with Gasteiger partial charge in [0.1, 0.15) is 32.7 Å². The van der Waals surface area contributed by atoms with Crippen LogP contribution < -0.4 is 19.3 Å². The van der Waals surface area contributed by atoms with E-state index in [9.17, 15) is 9.59 Å². The molecule has 3 aliphatic rings. The minimum Gasteiger partial charge on any atom is -0.493 e. The summed E-state index contributed by atoms with van der Waals surface area (Å²) < 4.78 is 10.9. The van der Waals surface area contributed by atoms with Gasteiger partial charge in [-0.1, -0.05) is 12.2 Å². The lowest BCUT2D eigenvalue weighted by Gasteiger charge is -2.31. The van der Waals surface area contributed by atoms with E-state index in [0.29, 0.717) is 19.5 Å². The minimum absolute atomic E-state index is 0.0394. The fourth-order valence-electron chi connectivity index (χ4n) is 5.02. The molecule has 7 heteroatoms. The van der Waals surface area contributed by atoms with Crippen LogP contribution in [-0.4, -0.2) is 63.8 Å². The largest absolute Gasteiger partial charge is 0.493 e. The van der Waals surface area contributed by atoms with Gasteiger partial charge in [0.25, 0.3) is 0 Å². The van der Waals surface area contributed by atoms with E-state index in [1.807, 2.05) is 18.2 Å². The molecule has 0 spiro atoms. The van der Waals surface area contributed by atoms with Gasteiger partial charge in [-0.2, -0.15) is 0 Å². The number of carbonyl (C=O) groups is 2. The summed E-state index contributed by atoms with van der Waals surface area (Å²) in [4.78, 5) is 29.8. The Morgan fingerprint density at radius 1 is 0.900 bits per heavy atom. The summed E-state index contributed by atoms with van der Waals surface area (Å²) in [7, 11) is 3.32. The Balaban J connectivity index is 1.33. The van der Waals surface area contributed by atoms with Crippen LogP contribution in [0.4, 0.5) is 0 Å². The van der Waals surface area contributed by atoms with Crippen LogP contribution in [-0.2, 0) is 16.1 Å². The summed E-state index contributed by atoms with van der Waals surface area (Å²) >= 11 is 0. The molecule has 1 aliphatic carbocycles. The Morgan fingerprint density at radius 3 is 2.00 bits per heavy atom. The standard InChI is InChI=1S/C23H31N3O4/c1-16-12-20(29-2)21(30-3)13-17(16)14-24-8-10-25(11-9-24)15-26-22(27)18-6-4-5-7-19(18)23(26)28/h4-5,12-13,18-19H,6-11,14-15H2,1-3H3/p+2/t18-,19-/m1/s1. The molecule has 2 atom stereocenters. The van der Waals surface area contributed by atoms with Crippen molar-refractivity contribution in [2.75, 3.05) is 47.1 Å². The summed E-state index contributed by atoms with van der Waals surface area (Å²) in [6, 6.07) is 4.12. The van der Waals surface area contributed by atoms with Gasteiger partial charge in [0.05, 0.1) is 26.1 Å². The molecule has 2 heterocycles. The first-order valence-electron chi connectivity index (χ1n) is 10.9. The fraction of sp³-hybridized carbons (Fsp3) is 0.565. The molecule has 2 aliphatic heterocycles.